The Morgan fingerprint density at radius 2 is 0.734 bits per heavy atom. The average molecular weight is 1330 g/mol. The van der Waals surface area contributed by atoms with Crippen molar-refractivity contribution in [3.63, 3.8) is 0 Å². The maximum absolute atomic E-state index is 13.4. The monoisotopic (exact) mass is 1330 g/mol. The van der Waals surface area contributed by atoms with Crippen LogP contribution >= 0.6 is 0 Å². The zero-order valence-corrected chi connectivity index (χ0v) is 59.7. The van der Waals surface area contributed by atoms with Gasteiger partial charge in [0.1, 0.15) is 48.8 Å². The van der Waals surface area contributed by atoms with Crippen LogP contribution in [-0.4, -0.2) is 140 Å². The summed E-state index contributed by atoms with van der Waals surface area (Å²) in [6.07, 6.45) is 72.2. The van der Waals surface area contributed by atoms with Crippen LogP contribution in [0.3, 0.4) is 0 Å². The van der Waals surface area contributed by atoms with E-state index in [1.807, 2.05) is 6.08 Å². The molecule has 2 heterocycles. The summed E-state index contributed by atoms with van der Waals surface area (Å²) >= 11 is 0. The van der Waals surface area contributed by atoms with Crippen LogP contribution in [0.15, 0.2) is 85.1 Å². The third-order valence-electron chi connectivity index (χ3n) is 18.6. The fraction of sp³-hybridized carbons (Fsp3) is 0.812. The van der Waals surface area contributed by atoms with E-state index in [9.17, 15) is 45.6 Å². The zero-order valence-electron chi connectivity index (χ0n) is 59.7. The third kappa shape index (κ3) is 46.4. The molecule has 0 bridgehead atoms. The van der Waals surface area contributed by atoms with Crippen molar-refractivity contribution in [2.75, 3.05) is 19.8 Å². The molecular weight excluding hydrogens is 1180 g/mol. The highest BCUT2D eigenvalue weighted by molar-refractivity contribution is 5.76. The number of ether oxygens (including phenoxy) is 4. The summed E-state index contributed by atoms with van der Waals surface area (Å²) in [5.74, 6) is -0.236. The van der Waals surface area contributed by atoms with Gasteiger partial charge in [-0.05, 0) is 70.6 Å². The molecule has 1 amide bonds. The van der Waals surface area contributed by atoms with E-state index in [0.717, 1.165) is 77.0 Å². The van der Waals surface area contributed by atoms with E-state index in [4.69, 9.17) is 18.9 Å². The Labute approximate surface area is 573 Å². The first-order valence-corrected chi connectivity index (χ1v) is 38.8. The summed E-state index contributed by atoms with van der Waals surface area (Å²) in [7, 11) is 0. The van der Waals surface area contributed by atoms with Gasteiger partial charge in [0.25, 0.3) is 0 Å². The number of aliphatic hydroxyl groups is 8. The summed E-state index contributed by atoms with van der Waals surface area (Å²) in [6.45, 7) is 2.73. The number of allylic oxidation sites excluding steroid dienone is 13. The predicted octanol–water partition coefficient (Wildman–Crippen LogP) is 17.1. The highest BCUT2D eigenvalue weighted by atomic mass is 16.7. The van der Waals surface area contributed by atoms with E-state index in [1.165, 1.54) is 218 Å². The maximum Gasteiger partial charge on any atom is 0.220 e. The SMILES string of the molecule is CC/C=C\C/C=C\C/C=C\C/C=C\C/C=C\C/C=C\CCCCCCCCCCCCCCCCCCCCC(=O)NC(COC1OC(CO)C(OC2OC(CO)C(O)C(O)C2O)C(O)C1O)C(O)/C=C/CCCCCCCCCCCCCCCCCCCCCCC. The molecule has 0 aliphatic carbocycles. The zero-order chi connectivity index (χ0) is 68.0. The molecule has 2 rings (SSSR count). The van der Waals surface area contributed by atoms with Gasteiger partial charge in [-0.3, -0.25) is 4.79 Å². The van der Waals surface area contributed by atoms with Crippen molar-refractivity contribution in [3.8, 4) is 0 Å². The largest absolute Gasteiger partial charge is 0.394 e. The van der Waals surface area contributed by atoms with Crippen LogP contribution in [0.4, 0.5) is 0 Å². The van der Waals surface area contributed by atoms with Gasteiger partial charge in [0.2, 0.25) is 5.91 Å². The minimum Gasteiger partial charge on any atom is -0.394 e. The van der Waals surface area contributed by atoms with Gasteiger partial charge in [-0.25, -0.2) is 0 Å². The maximum atomic E-state index is 13.4. The Morgan fingerprint density at radius 3 is 1.13 bits per heavy atom. The number of aliphatic hydroxyl groups excluding tert-OH is 8. The van der Waals surface area contributed by atoms with Gasteiger partial charge < -0.3 is 65.1 Å². The van der Waals surface area contributed by atoms with Crippen molar-refractivity contribution in [2.24, 2.45) is 0 Å². The number of hydrogen-bond acceptors (Lipinski definition) is 13. The highest BCUT2D eigenvalue weighted by Crippen LogP contribution is 2.30. The number of carbonyl (C=O) groups excluding carboxylic acids is 1. The topological polar surface area (TPSA) is 228 Å². The van der Waals surface area contributed by atoms with Crippen molar-refractivity contribution < 1.29 is 64.6 Å². The molecule has 546 valence electrons. The standard InChI is InChI=1S/C80H143NO13/c1-3-5-7-9-11-13-15-17-19-21-23-25-27-28-29-30-31-32-33-34-35-36-37-38-39-40-42-44-46-48-50-52-54-56-58-60-62-64-72(85)81-68(67-91-79-77(90)75(88)78(71(66-83)93-79)94-80-76(89)74(87)73(86)70(65-82)92-80)69(84)63-61-59-57-55-53-51-49-47-45-43-41-26-24-22-20-18-16-14-12-10-8-6-4-2/h5,7,11,13,17,19,23,25,28-29,31-32,61,63,68-71,73-80,82-84,86-90H,3-4,6,8-10,12,14-16,18,20-22,24,26-27,30,33-60,62,64-67H2,1-2H3,(H,81,85)/b7-5-,13-11-,19-17-,25-23-,29-28-,32-31-,63-61+. The quantitative estimate of drug-likeness (QED) is 0.0204. The van der Waals surface area contributed by atoms with Gasteiger partial charge in [-0.1, -0.05) is 330 Å². The molecule has 2 aliphatic rings. The second kappa shape index (κ2) is 63.6. The molecule has 0 aromatic rings. The Balaban J connectivity index is 1.61. The van der Waals surface area contributed by atoms with Crippen molar-refractivity contribution in [1.29, 1.82) is 0 Å². The van der Waals surface area contributed by atoms with E-state index in [1.54, 1.807) is 6.08 Å². The summed E-state index contributed by atoms with van der Waals surface area (Å²) < 4.78 is 22.9. The molecule has 12 atom stereocenters. The number of carbonyl (C=O) groups is 1. The number of unbranched alkanes of at least 4 members (excludes halogenated alkanes) is 39. The Morgan fingerprint density at radius 1 is 0.394 bits per heavy atom. The molecule has 0 radical (unpaired) electrons. The van der Waals surface area contributed by atoms with Gasteiger partial charge >= 0.3 is 0 Å². The average Bonchev–Trinajstić information content (AvgIpc) is 0.794. The summed E-state index contributed by atoms with van der Waals surface area (Å²) in [4.78, 5) is 13.4. The van der Waals surface area contributed by atoms with Gasteiger partial charge in [-0.2, -0.15) is 0 Å². The van der Waals surface area contributed by atoms with Gasteiger partial charge in [-0.15, -0.1) is 0 Å². The molecular formula is C80H143NO13. The molecule has 0 aromatic carbocycles. The normalized spacial score (nSPS) is 22.9. The molecule has 14 nitrogen and oxygen atoms in total. The Hall–Kier alpha value is -2.83. The van der Waals surface area contributed by atoms with Crippen LogP contribution in [0.5, 0.6) is 0 Å². The Kier molecular flexibility index (Phi) is 59.0. The minimum atomic E-state index is -1.79. The van der Waals surface area contributed by atoms with Crippen LogP contribution in [0.1, 0.15) is 322 Å². The van der Waals surface area contributed by atoms with E-state index < -0.39 is 86.8 Å². The highest BCUT2D eigenvalue weighted by Gasteiger charge is 2.51. The summed E-state index contributed by atoms with van der Waals surface area (Å²) in [5.41, 5.74) is 0. The van der Waals surface area contributed by atoms with Gasteiger partial charge in [0.05, 0.1) is 32.0 Å². The number of hydrogen-bond donors (Lipinski definition) is 9. The van der Waals surface area contributed by atoms with E-state index in [0.29, 0.717) is 6.42 Å². The molecule has 12 unspecified atom stereocenters. The number of amides is 1. The van der Waals surface area contributed by atoms with E-state index in [2.05, 4.69) is 92.1 Å². The molecule has 14 heteroatoms. The lowest BCUT2D eigenvalue weighted by atomic mass is 9.97. The van der Waals surface area contributed by atoms with Gasteiger partial charge in [0.15, 0.2) is 12.6 Å². The van der Waals surface area contributed by atoms with Crippen molar-refractivity contribution in [1.82, 2.24) is 5.32 Å². The lowest BCUT2D eigenvalue weighted by Gasteiger charge is -2.46. The third-order valence-corrected chi connectivity index (χ3v) is 18.6. The molecule has 9 N–H and O–H groups in total. The lowest BCUT2D eigenvalue weighted by molar-refractivity contribution is -0.359. The van der Waals surface area contributed by atoms with Crippen molar-refractivity contribution in [3.05, 3.63) is 85.1 Å². The first kappa shape index (κ1) is 87.3. The van der Waals surface area contributed by atoms with Crippen molar-refractivity contribution in [2.45, 2.75) is 396 Å². The fourth-order valence-corrected chi connectivity index (χ4v) is 12.5. The molecule has 0 spiro atoms. The molecule has 0 aromatic heterocycles. The lowest BCUT2D eigenvalue weighted by Crippen LogP contribution is -2.65. The first-order valence-electron chi connectivity index (χ1n) is 38.8. The van der Waals surface area contributed by atoms with Crippen LogP contribution in [0.2, 0.25) is 0 Å². The van der Waals surface area contributed by atoms with E-state index >= 15 is 0 Å². The summed E-state index contributed by atoms with van der Waals surface area (Å²) in [5, 5.41) is 87.6. The fourth-order valence-electron chi connectivity index (χ4n) is 12.5. The number of rotatable bonds is 64. The van der Waals surface area contributed by atoms with Crippen LogP contribution in [0, 0.1) is 0 Å². The number of nitrogens with one attached hydrogen (secondary N) is 1. The van der Waals surface area contributed by atoms with E-state index in [-0.39, 0.29) is 18.9 Å². The molecule has 94 heavy (non-hydrogen) atoms. The molecule has 2 fully saturated rings. The van der Waals surface area contributed by atoms with Crippen molar-refractivity contribution >= 4 is 5.91 Å². The predicted molar refractivity (Wildman–Crippen MR) is 387 cm³/mol. The van der Waals surface area contributed by atoms with Gasteiger partial charge in [0, 0.05) is 6.42 Å². The molecule has 0 saturated carbocycles. The van der Waals surface area contributed by atoms with Crippen LogP contribution in [-0.2, 0) is 23.7 Å². The second-order valence-corrected chi connectivity index (χ2v) is 27.1. The first-order chi connectivity index (χ1) is 46.1. The minimum absolute atomic E-state index is 0.236. The van der Waals surface area contributed by atoms with Crippen LogP contribution in [0.25, 0.3) is 0 Å². The molecule has 2 saturated heterocycles. The second-order valence-electron chi connectivity index (χ2n) is 27.1. The smallest absolute Gasteiger partial charge is 0.220 e. The van der Waals surface area contributed by atoms with Crippen LogP contribution < -0.4 is 5.32 Å². The molecule has 2 aliphatic heterocycles. The Bertz CT molecular complexity index is 1900. The summed E-state index contributed by atoms with van der Waals surface area (Å²) in [6, 6.07) is -0.918.